The van der Waals surface area contributed by atoms with Crippen molar-refractivity contribution in [3.63, 3.8) is 0 Å². The number of ketones is 1. The number of nitrogens with zero attached hydrogens (tertiary/aromatic N) is 2. The summed E-state index contributed by atoms with van der Waals surface area (Å²) in [5.74, 6) is -16.1. The Morgan fingerprint density at radius 1 is 0.811 bits per heavy atom. The normalized spacial score (nSPS) is 19.2. The summed E-state index contributed by atoms with van der Waals surface area (Å²) in [5, 5.41) is 14.5. The van der Waals surface area contributed by atoms with Gasteiger partial charge in [0.25, 0.3) is 5.91 Å². The van der Waals surface area contributed by atoms with Crippen LogP contribution in [0.5, 0.6) is 0 Å². The number of carbonyl (C=O) groups excluding carboxylic acids is 5. The number of esters is 1. The smallest absolute Gasteiger partial charge is 0.412 e. The van der Waals surface area contributed by atoms with Crippen LogP contribution in [0.4, 0.5) is 28.0 Å². The number of Topliss-reactive ketones (excluding diaryl/α,β-unsaturated/α-hetero) is 1. The topological polar surface area (TPSA) is 191 Å². The minimum atomic E-state index is -5.22. The summed E-state index contributed by atoms with van der Waals surface area (Å²) in [6.45, 7) is 19.0. The van der Waals surface area contributed by atoms with Gasteiger partial charge in [0.2, 0.25) is 11.7 Å². The predicted octanol–water partition coefficient (Wildman–Crippen LogP) is 11.5. The summed E-state index contributed by atoms with van der Waals surface area (Å²) in [4.78, 5) is 68.8. The largest absolute Gasteiger partial charge is 0.464 e. The number of alkyl carbamates (subject to hydrolysis) is 1. The standard InChI is InChI=1S/C55H72F4N6O8Si/c1-33-29-39(47(67)61-42-24-26-43(27-25-42)73-74(9,10)53(5,6)7)21-28-44(33)36-15-11-34(12-16-36)30-40(31-45(66)37-17-13-35(14-18-37)32-60-51(70)72-52(2,3)4)48(68)62-41-22-19-38(20-23-41)46-63-49(65-64-46)54(56,57)55(58,59)50(69)71-8/h11-12,15-16,19-23,28-29,35,37,40,42-43H,13-14,17-18,24-27,30-32H2,1-10H3,(H,60,70)(H,61,67)(H,62,68)(H,63,64,65)/t35?,37?,40-,42?,43?/m1/s1. The number of rotatable bonds is 18. The van der Waals surface area contributed by atoms with E-state index in [1.165, 1.54) is 24.3 Å². The minimum absolute atomic E-state index is 0.0453. The third kappa shape index (κ3) is 14.5. The second kappa shape index (κ2) is 23.3. The zero-order valence-corrected chi connectivity index (χ0v) is 45.2. The van der Waals surface area contributed by atoms with E-state index < -0.39 is 55.5 Å². The van der Waals surface area contributed by atoms with Crippen molar-refractivity contribution < 1.29 is 55.4 Å². The molecule has 0 saturated heterocycles. The molecule has 3 amide bonds. The Balaban J connectivity index is 1.11. The van der Waals surface area contributed by atoms with E-state index in [9.17, 15) is 41.5 Å². The van der Waals surface area contributed by atoms with Gasteiger partial charge in [-0.05, 0) is 168 Å². The second-order valence-corrected chi connectivity index (χ2v) is 27.2. The third-order valence-corrected chi connectivity index (χ3v) is 19.1. The van der Waals surface area contributed by atoms with Gasteiger partial charge < -0.3 is 29.9 Å². The number of aromatic amines is 1. The molecule has 3 aromatic carbocycles. The average molecular weight is 1050 g/mol. The molecule has 1 heterocycles. The van der Waals surface area contributed by atoms with Gasteiger partial charge in [0.05, 0.1) is 7.11 Å². The van der Waals surface area contributed by atoms with Gasteiger partial charge in [-0.25, -0.2) is 14.6 Å². The summed E-state index contributed by atoms with van der Waals surface area (Å²) in [5.41, 5.74) is 3.97. The van der Waals surface area contributed by atoms with Gasteiger partial charge in [-0.3, -0.25) is 19.5 Å². The molecule has 14 nitrogen and oxygen atoms in total. The highest BCUT2D eigenvalue weighted by molar-refractivity contribution is 6.74. The van der Waals surface area contributed by atoms with Crippen molar-refractivity contribution in [1.29, 1.82) is 0 Å². The number of anilines is 1. The number of hydrogen-bond acceptors (Lipinski definition) is 10. The van der Waals surface area contributed by atoms with Crippen molar-refractivity contribution in [3.8, 4) is 22.5 Å². The number of aryl methyl sites for hydroxylation is 1. The van der Waals surface area contributed by atoms with E-state index in [0.29, 0.717) is 50.6 Å². The van der Waals surface area contributed by atoms with E-state index in [2.05, 4.69) is 64.6 Å². The third-order valence-electron chi connectivity index (χ3n) is 14.6. The Kier molecular flexibility index (Phi) is 18.0. The molecule has 1 atom stereocenters. The van der Waals surface area contributed by atoms with E-state index in [1.807, 2.05) is 49.4 Å². The van der Waals surface area contributed by atoms with Crippen LogP contribution in [-0.4, -0.2) is 90.5 Å². The van der Waals surface area contributed by atoms with Crippen LogP contribution >= 0.6 is 0 Å². The van der Waals surface area contributed by atoms with Crippen LogP contribution in [0.2, 0.25) is 18.1 Å². The van der Waals surface area contributed by atoms with Crippen LogP contribution in [0.15, 0.2) is 66.7 Å². The Hall–Kier alpha value is -5.95. The molecule has 6 rings (SSSR count). The van der Waals surface area contributed by atoms with Gasteiger partial charge in [0, 0.05) is 53.8 Å². The number of methoxy groups -OCH3 is 1. The molecule has 0 radical (unpaired) electrons. The maximum atomic E-state index is 14.6. The molecule has 0 spiro atoms. The van der Waals surface area contributed by atoms with Crippen molar-refractivity contribution >= 4 is 43.7 Å². The summed E-state index contributed by atoms with van der Waals surface area (Å²) < 4.78 is 73.6. The maximum absolute atomic E-state index is 14.6. The molecule has 4 aromatic rings. The monoisotopic (exact) mass is 1050 g/mol. The van der Waals surface area contributed by atoms with Crippen LogP contribution in [-0.2, 0) is 40.6 Å². The number of nitrogens with one attached hydrogen (secondary N) is 4. The number of ether oxygens (including phenoxy) is 2. The SMILES string of the molecule is COC(=O)C(F)(F)C(F)(F)c1nc(-c2ccc(NC(=O)[C@@H](CC(=O)C3CCC(CNC(=O)OC(C)(C)C)CC3)Cc3ccc(-c4ccc(C(=O)NC5CCC(O[Si](C)(C)C(C)(C)C)CC5)cc4C)cc3)cc2)n[nH]1. The van der Waals surface area contributed by atoms with Crippen molar-refractivity contribution in [1.82, 2.24) is 25.8 Å². The van der Waals surface area contributed by atoms with E-state index in [1.54, 1.807) is 25.9 Å². The van der Waals surface area contributed by atoms with Gasteiger partial charge in [0.1, 0.15) is 11.4 Å². The number of aromatic nitrogens is 3. The highest BCUT2D eigenvalue weighted by Gasteiger charge is 2.66. The average Bonchev–Trinajstić information content (AvgIpc) is 3.85. The van der Waals surface area contributed by atoms with Crippen molar-refractivity contribution in [3.05, 3.63) is 89.2 Å². The lowest BCUT2D eigenvalue weighted by atomic mass is 9.77. The Morgan fingerprint density at radius 3 is 2.01 bits per heavy atom. The van der Waals surface area contributed by atoms with Gasteiger partial charge in [-0.15, -0.1) is 0 Å². The number of benzene rings is 3. The van der Waals surface area contributed by atoms with Crippen LogP contribution < -0.4 is 16.0 Å². The zero-order chi connectivity index (χ0) is 54.4. The highest BCUT2D eigenvalue weighted by atomic mass is 28.4. The summed E-state index contributed by atoms with van der Waals surface area (Å²) in [6.07, 6.45) is 6.11. The van der Waals surface area contributed by atoms with Gasteiger partial charge in [-0.2, -0.15) is 22.7 Å². The minimum Gasteiger partial charge on any atom is -0.464 e. The molecular formula is C55H72F4N6O8Si. The summed E-state index contributed by atoms with van der Waals surface area (Å²) >= 11 is 0. The zero-order valence-electron chi connectivity index (χ0n) is 44.2. The Labute approximate surface area is 432 Å². The van der Waals surface area contributed by atoms with Crippen LogP contribution in [0.1, 0.15) is 127 Å². The molecule has 2 aliphatic carbocycles. The van der Waals surface area contributed by atoms with Gasteiger partial charge in [-0.1, -0.05) is 51.1 Å². The van der Waals surface area contributed by atoms with Crippen molar-refractivity contribution in [2.24, 2.45) is 17.8 Å². The lowest BCUT2D eigenvalue weighted by Gasteiger charge is -2.41. The highest BCUT2D eigenvalue weighted by Crippen LogP contribution is 2.43. The maximum Gasteiger partial charge on any atom is 0.412 e. The molecule has 1 aromatic heterocycles. The van der Waals surface area contributed by atoms with Crippen molar-refractivity contribution in [2.45, 2.75) is 160 Å². The summed E-state index contributed by atoms with van der Waals surface area (Å²) in [6, 6.07) is 19.2. The molecule has 2 saturated carbocycles. The molecule has 2 aliphatic rings. The number of H-pyrrole nitrogens is 1. The number of alkyl halides is 4. The molecule has 4 N–H and O–H groups in total. The molecule has 2 fully saturated rings. The molecular weight excluding hydrogens is 977 g/mol. The van der Waals surface area contributed by atoms with Gasteiger partial charge in [0.15, 0.2) is 14.1 Å². The molecule has 0 aliphatic heterocycles. The van der Waals surface area contributed by atoms with Crippen LogP contribution in [0.3, 0.4) is 0 Å². The second-order valence-electron chi connectivity index (χ2n) is 22.4. The van der Waals surface area contributed by atoms with E-state index in [-0.39, 0.29) is 64.9 Å². The predicted molar refractivity (Wildman–Crippen MR) is 276 cm³/mol. The Bertz CT molecular complexity index is 2610. The number of hydrogen-bond donors (Lipinski definition) is 4. The fourth-order valence-electron chi connectivity index (χ4n) is 9.20. The summed E-state index contributed by atoms with van der Waals surface area (Å²) in [7, 11) is -1.32. The van der Waals surface area contributed by atoms with Crippen LogP contribution in [0, 0.1) is 24.7 Å². The molecule has 19 heteroatoms. The van der Waals surface area contributed by atoms with Crippen molar-refractivity contribution in [2.75, 3.05) is 19.0 Å². The fraction of sp³-hybridized carbons (Fsp3) is 0.545. The van der Waals surface area contributed by atoms with E-state index >= 15 is 0 Å². The Morgan fingerprint density at radius 2 is 1.43 bits per heavy atom. The molecule has 0 unspecified atom stereocenters. The first-order valence-electron chi connectivity index (χ1n) is 25.4. The lowest BCUT2D eigenvalue weighted by Crippen LogP contribution is -2.46. The number of carbonyl (C=O) groups is 5. The number of halogens is 4. The first-order chi connectivity index (χ1) is 34.6. The number of amides is 3. The molecule has 0 bridgehead atoms. The lowest BCUT2D eigenvalue weighted by molar-refractivity contribution is -0.233. The quantitative estimate of drug-likeness (QED) is 0.0424. The van der Waals surface area contributed by atoms with Crippen LogP contribution in [0.25, 0.3) is 22.5 Å². The van der Waals surface area contributed by atoms with E-state index in [4.69, 9.17) is 9.16 Å². The first kappa shape index (κ1) is 57.3. The fourth-order valence-corrected chi connectivity index (χ4v) is 10.6. The molecule has 402 valence electrons. The molecule has 74 heavy (non-hydrogen) atoms. The van der Waals surface area contributed by atoms with E-state index in [0.717, 1.165) is 47.9 Å². The van der Waals surface area contributed by atoms with Gasteiger partial charge >= 0.3 is 23.9 Å². The first-order valence-corrected chi connectivity index (χ1v) is 28.3.